The predicted octanol–water partition coefficient (Wildman–Crippen LogP) is -0.134. The van der Waals surface area contributed by atoms with Crippen LogP contribution in [0.4, 0.5) is 10.2 Å². The highest BCUT2D eigenvalue weighted by atomic mass is 19.1. The number of nitrogens with zero attached hydrogens (tertiary/aromatic N) is 2. The zero-order valence-corrected chi connectivity index (χ0v) is 9.38. The molecule has 0 saturated carbocycles. The maximum absolute atomic E-state index is 12.9. The van der Waals surface area contributed by atoms with Gasteiger partial charge in [0.05, 0.1) is 0 Å². The average Bonchev–Trinajstić information content (AvgIpc) is 2.82. The first-order valence-electron chi connectivity index (χ1n) is 5.02. The maximum Gasteiger partial charge on any atom is 0.295 e. The quantitative estimate of drug-likeness (QED) is 0.650. The third kappa shape index (κ3) is 2.83. The minimum absolute atomic E-state index is 0.0477. The van der Waals surface area contributed by atoms with Crippen molar-refractivity contribution in [3.05, 3.63) is 41.3 Å². The van der Waals surface area contributed by atoms with Crippen molar-refractivity contribution >= 4 is 17.6 Å². The van der Waals surface area contributed by atoms with Gasteiger partial charge >= 0.3 is 0 Å². The van der Waals surface area contributed by atoms with Crippen LogP contribution >= 0.6 is 0 Å². The van der Waals surface area contributed by atoms with Gasteiger partial charge in [-0.1, -0.05) is 6.07 Å². The van der Waals surface area contributed by atoms with Crippen molar-refractivity contribution in [1.29, 1.82) is 0 Å². The molecule has 1 aromatic heterocycles. The number of rotatable bonds is 2. The highest BCUT2D eigenvalue weighted by Crippen LogP contribution is 2.04. The molecule has 0 unspecified atom stereocenters. The number of hydrogen-bond donors (Lipinski definition) is 3. The summed E-state index contributed by atoms with van der Waals surface area (Å²) in [5.74, 6) is -2.27. The first kappa shape index (κ1) is 12.5. The Hall–Kier alpha value is -2.97. The van der Waals surface area contributed by atoms with Crippen LogP contribution in [0.15, 0.2) is 28.9 Å². The smallest absolute Gasteiger partial charge is 0.295 e. The van der Waals surface area contributed by atoms with Crippen molar-refractivity contribution in [1.82, 2.24) is 21.2 Å². The summed E-state index contributed by atoms with van der Waals surface area (Å²) in [5, 5.41) is 6.45. The number of amides is 2. The molecule has 9 heteroatoms. The van der Waals surface area contributed by atoms with E-state index in [1.54, 1.807) is 0 Å². The Morgan fingerprint density at radius 1 is 1.21 bits per heavy atom. The zero-order chi connectivity index (χ0) is 13.8. The Morgan fingerprint density at radius 2 is 1.95 bits per heavy atom. The number of nitrogen functional groups attached to an aromatic ring is 1. The van der Waals surface area contributed by atoms with E-state index in [4.69, 9.17) is 5.73 Å². The van der Waals surface area contributed by atoms with Gasteiger partial charge in [0.15, 0.2) is 0 Å². The number of hydrogen-bond acceptors (Lipinski definition) is 6. The number of benzene rings is 1. The van der Waals surface area contributed by atoms with Crippen LogP contribution in [0.3, 0.4) is 0 Å². The predicted molar refractivity (Wildman–Crippen MR) is 60.0 cm³/mol. The molecule has 19 heavy (non-hydrogen) atoms. The van der Waals surface area contributed by atoms with E-state index >= 15 is 0 Å². The van der Waals surface area contributed by atoms with E-state index in [0.717, 1.165) is 6.07 Å². The minimum atomic E-state index is -0.802. The number of nitrogens with one attached hydrogen (secondary N) is 2. The molecule has 4 N–H and O–H groups in total. The number of anilines is 1. The topological polar surface area (TPSA) is 123 Å². The molecule has 2 aromatic rings. The van der Waals surface area contributed by atoms with Gasteiger partial charge in [-0.3, -0.25) is 20.4 Å². The number of aromatic nitrogens is 2. The molecule has 0 radical (unpaired) electrons. The van der Waals surface area contributed by atoms with Gasteiger partial charge in [0, 0.05) is 5.56 Å². The first-order valence-corrected chi connectivity index (χ1v) is 5.02. The van der Waals surface area contributed by atoms with E-state index < -0.39 is 17.6 Å². The molecule has 0 aliphatic carbocycles. The molecule has 0 bridgehead atoms. The van der Waals surface area contributed by atoms with Gasteiger partial charge in [-0.15, -0.1) is 0 Å². The zero-order valence-electron chi connectivity index (χ0n) is 9.38. The Kier molecular flexibility index (Phi) is 3.37. The van der Waals surface area contributed by atoms with Crippen molar-refractivity contribution in [2.45, 2.75) is 0 Å². The second kappa shape index (κ2) is 5.12. The Bertz CT molecular complexity index is 627. The second-order valence-electron chi connectivity index (χ2n) is 3.42. The summed E-state index contributed by atoms with van der Waals surface area (Å²) in [5.41, 5.74) is 9.18. The number of nitrogens with two attached hydrogens (primary N) is 1. The second-order valence-corrected chi connectivity index (χ2v) is 3.42. The summed E-state index contributed by atoms with van der Waals surface area (Å²) in [4.78, 5) is 23.1. The van der Waals surface area contributed by atoms with E-state index in [2.05, 4.69) is 20.4 Å². The highest BCUT2D eigenvalue weighted by Gasteiger charge is 2.16. The number of carbonyl (C=O) groups excluding carboxylic acids is 2. The largest absolute Gasteiger partial charge is 0.379 e. The molecule has 0 spiro atoms. The van der Waals surface area contributed by atoms with E-state index in [9.17, 15) is 14.0 Å². The van der Waals surface area contributed by atoms with Gasteiger partial charge < -0.3 is 5.73 Å². The summed E-state index contributed by atoms with van der Waals surface area (Å²) in [6.07, 6.45) is 0. The molecule has 1 aromatic carbocycles. The first-order chi connectivity index (χ1) is 9.08. The molecule has 98 valence electrons. The standard InChI is InChI=1S/C10H8FN5O3/c11-6-3-1-2-5(4-6)9(17)13-14-10(18)7-8(12)16-19-15-7/h1-4H,(H2,12,16)(H,13,17)(H,14,18). The summed E-state index contributed by atoms with van der Waals surface area (Å²) in [7, 11) is 0. The Labute approximate surface area is 105 Å². The van der Waals surface area contributed by atoms with Crippen LogP contribution in [0.5, 0.6) is 0 Å². The summed E-state index contributed by atoms with van der Waals surface area (Å²) in [6, 6.07) is 4.97. The molecule has 0 aliphatic heterocycles. The molecule has 0 saturated heterocycles. The van der Waals surface area contributed by atoms with Crippen LogP contribution in [0.2, 0.25) is 0 Å². The molecule has 0 atom stereocenters. The molecule has 2 amide bonds. The van der Waals surface area contributed by atoms with Gasteiger partial charge in [-0.2, -0.15) is 0 Å². The van der Waals surface area contributed by atoms with Gasteiger partial charge in [-0.05, 0) is 28.5 Å². The Balaban J connectivity index is 1.98. The van der Waals surface area contributed by atoms with Crippen LogP contribution in [0, 0.1) is 5.82 Å². The fourth-order valence-corrected chi connectivity index (χ4v) is 1.23. The van der Waals surface area contributed by atoms with E-state index in [0.29, 0.717) is 0 Å². The van der Waals surface area contributed by atoms with Crippen molar-refractivity contribution in [2.75, 3.05) is 5.73 Å². The third-order valence-electron chi connectivity index (χ3n) is 2.11. The third-order valence-corrected chi connectivity index (χ3v) is 2.11. The lowest BCUT2D eigenvalue weighted by atomic mass is 10.2. The summed E-state index contributed by atoms with van der Waals surface area (Å²) in [6.45, 7) is 0. The van der Waals surface area contributed by atoms with E-state index in [1.165, 1.54) is 18.2 Å². The molecule has 0 fully saturated rings. The summed E-state index contributed by atoms with van der Waals surface area (Å²) >= 11 is 0. The summed E-state index contributed by atoms with van der Waals surface area (Å²) < 4.78 is 17.1. The van der Waals surface area contributed by atoms with E-state index in [1.807, 2.05) is 5.43 Å². The van der Waals surface area contributed by atoms with Crippen LogP contribution in [-0.4, -0.2) is 22.1 Å². The minimum Gasteiger partial charge on any atom is -0.379 e. The molecule has 1 heterocycles. The van der Waals surface area contributed by atoms with Crippen molar-refractivity contribution in [2.24, 2.45) is 0 Å². The van der Waals surface area contributed by atoms with Crippen molar-refractivity contribution < 1.29 is 18.6 Å². The van der Waals surface area contributed by atoms with Gasteiger partial charge in [0.2, 0.25) is 11.5 Å². The monoisotopic (exact) mass is 265 g/mol. The molecular weight excluding hydrogens is 257 g/mol. The maximum atomic E-state index is 12.9. The van der Waals surface area contributed by atoms with Crippen molar-refractivity contribution in [3.8, 4) is 0 Å². The number of hydrazine groups is 1. The van der Waals surface area contributed by atoms with Gasteiger partial charge in [0.25, 0.3) is 11.8 Å². The molecule has 8 nitrogen and oxygen atoms in total. The van der Waals surface area contributed by atoms with Gasteiger partial charge in [0.1, 0.15) is 5.82 Å². The molecule has 0 aliphatic rings. The van der Waals surface area contributed by atoms with Crippen LogP contribution in [0.1, 0.15) is 20.8 Å². The lowest BCUT2D eigenvalue weighted by molar-refractivity contribution is 0.0841. The number of halogens is 1. The van der Waals surface area contributed by atoms with Crippen LogP contribution in [0.25, 0.3) is 0 Å². The van der Waals surface area contributed by atoms with Crippen molar-refractivity contribution in [3.63, 3.8) is 0 Å². The Morgan fingerprint density at radius 3 is 2.58 bits per heavy atom. The van der Waals surface area contributed by atoms with Crippen LogP contribution < -0.4 is 16.6 Å². The van der Waals surface area contributed by atoms with Crippen LogP contribution in [-0.2, 0) is 0 Å². The fraction of sp³-hybridized carbons (Fsp3) is 0. The average molecular weight is 265 g/mol. The lowest BCUT2D eigenvalue weighted by Gasteiger charge is -2.05. The molecular formula is C10H8FN5O3. The molecule has 2 rings (SSSR count). The normalized spacial score (nSPS) is 9.95. The highest BCUT2D eigenvalue weighted by molar-refractivity contribution is 5.99. The van der Waals surface area contributed by atoms with E-state index in [-0.39, 0.29) is 17.1 Å². The van der Waals surface area contributed by atoms with Gasteiger partial charge in [-0.25, -0.2) is 9.02 Å². The lowest BCUT2D eigenvalue weighted by Crippen LogP contribution is -2.42. The SMILES string of the molecule is Nc1nonc1C(=O)NNC(=O)c1cccc(F)c1. The number of carbonyl (C=O) groups is 2. The fourth-order valence-electron chi connectivity index (χ4n) is 1.23.